The molecule has 2 atom stereocenters. The minimum absolute atomic E-state index is 0.0308. The number of carbonyl (C=O) groups excluding carboxylic acids is 1. The van der Waals surface area contributed by atoms with Crippen LogP contribution in [0.5, 0.6) is 0 Å². The lowest BCUT2D eigenvalue weighted by Crippen LogP contribution is -2.68. The van der Waals surface area contributed by atoms with Crippen LogP contribution in [0.2, 0.25) is 0 Å². The number of hydrogen-bond donors (Lipinski definition) is 2. The number of aryl methyl sites for hydroxylation is 1. The van der Waals surface area contributed by atoms with Gasteiger partial charge in [0.15, 0.2) is 0 Å². The molecule has 1 aliphatic rings. The lowest BCUT2D eigenvalue weighted by atomic mass is 9.56. The van der Waals surface area contributed by atoms with Crippen LogP contribution >= 0.6 is 0 Å². The van der Waals surface area contributed by atoms with E-state index in [0.717, 1.165) is 11.1 Å². The van der Waals surface area contributed by atoms with E-state index in [1.165, 1.54) is 6.08 Å². The summed E-state index contributed by atoms with van der Waals surface area (Å²) in [6.45, 7) is 8.69. The van der Waals surface area contributed by atoms with Gasteiger partial charge in [0.05, 0.1) is 11.7 Å². The second-order valence-corrected chi connectivity index (χ2v) is 6.75. The monoisotopic (exact) mass is 318 g/mol. The maximum absolute atomic E-state index is 11.9. The van der Waals surface area contributed by atoms with E-state index in [-0.39, 0.29) is 24.0 Å². The van der Waals surface area contributed by atoms with Crippen molar-refractivity contribution >= 4 is 12.0 Å². The highest BCUT2D eigenvalue weighted by atomic mass is 16.5. The fourth-order valence-corrected chi connectivity index (χ4v) is 2.90. The number of aliphatic hydroxyl groups is 1. The number of nitrogens with zero attached hydrogens (tertiary/aromatic N) is 1. The Kier molecular flexibility index (Phi) is 5.22. The maximum atomic E-state index is 11.9. The van der Waals surface area contributed by atoms with Gasteiger partial charge in [-0.1, -0.05) is 13.8 Å². The lowest BCUT2D eigenvalue weighted by Gasteiger charge is -2.57. The Morgan fingerprint density at radius 1 is 1.52 bits per heavy atom. The number of rotatable bonds is 6. The Morgan fingerprint density at radius 3 is 2.87 bits per heavy atom. The fourth-order valence-electron chi connectivity index (χ4n) is 2.90. The van der Waals surface area contributed by atoms with Crippen molar-refractivity contribution in [3.8, 4) is 0 Å². The van der Waals surface area contributed by atoms with Crippen LogP contribution in [0.25, 0.3) is 6.08 Å². The Morgan fingerprint density at radius 2 is 2.26 bits per heavy atom. The first-order valence-corrected chi connectivity index (χ1v) is 8.00. The number of pyridine rings is 1. The van der Waals surface area contributed by atoms with Gasteiger partial charge in [0, 0.05) is 43.5 Å². The van der Waals surface area contributed by atoms with Crippen molar-refractivity contribution in [3.63, 3.8) is 0 Å². The molecule has 1 aromatic heterocycles. The molecule has 5 heteroatoms. The molecule has 1 aliphatic carbocycles. The van der Waals surface area contributed by atoms with E-state index in [2.05, 4.69) is 10.3 Å². The summed E-state index contributed by atoms with van der Waals surface area (Å²) in [5, 5.41) is 13.5. The van der Waals surface area contributed by atoms with E-state index in [1.807, 2.05) is 33.8 Å². The molecule has 1 heterocycles. The van der Waals surface area contributed by atoms with Crippen molar-refractivity contribution in [2.45, 2.75) is 45.8 Å². The third kappa shape index (κ3) is 3.79. The molecule has 0 spiro atoms. The maximum Gasteiger partial charge on any atom is 0.244 e. The predicted molar refractivity (Wildman–Crippen MR) is 89.8 cm³/mol. The zero-order chi connectivity index (χ0) is 17.1. The van der Waals surface area contributed by atoms with Crippen molar-refractivity contribution in [1.82, 2.24) is 10.3 Å². The zero-order valence-electron chi connectivity index (χ0n) is 14.3. The largest absolute Gasteiger partial charge is 0.387 e. The summed E-state index contributed by atoms with van der Waals surface area (Å²) in [4.78, 5) is 16.0. The second-order valence-electron chi connectivity index (χ2n) is 6.75. The predicted octanol–water partition coefficient (Wildman–Crippen LogP) is 2.09. The molecule has 1 aromatic rings. The van der Waals surface area contributed by atoms with Gasteiger partial charge in [0.1, 0.15) is 0 Å². The number of ether oxygens (including phenoxy) is 1. The molecule has 1 saturated carbocycles. The second kappa shape index (κ2) is 6.81. The molecular formula is C18H26N2O3. The first-order valence-electron chi connectivity index (χ1n) is 8.00. The summed E-state index contributed by atoms with van der Waals surface area (Å²) >= 11 is 0. The smallest absolute Gasteiger partial charge is 0.244 e. The summed E-state index contributed by atoms with van der Waals surface area (Å²) in [6.07, 6.45) is 7.22. The topological polar surface area (TPSA) is 71.5 Å². The Hall–Kier alpha value is -1.72. The van der Waals surface area contributed by atoms with E-state index in [0.29, 0.717) is 13.0 Å². The quantitative estimate of drug-likeness (QED) is 0.788. The van der Waals surface area contributed by atoms with E-state index in [4.69, 9.17) is 4.74 Å². The van der Waals surface area contributed by atoms with E-state index in [1.54, 1.807) is 18.5 Å². The highest BCUT2D eigenvalue weighted by molar-refractivity contribution is 5.91. The third-order valence-electron chi connectivity index (χ3n) is 4.77. The van der Waals surface area contributed by atoms with Crippen molar-refractivity contribution in [1.29, 1.82) is 0 Å². The summed E-state index contributed by atoms with van der Waals surface area (Å²) in [5.41, 5.74) is 0.612. The molecule has 2 unspecified atom stereocenters. The lowest BCUT2D eigenvalue weighted by molar-refractivity contribution is -0.238. The van der Waals surface area contributed by atoms with Crippen molar-refractivity contribution in [2.24, 2.45) is 5.41 Å². The van der Waals surface area contributed by atoms with Gasteiger partial charge in [-0.2, -0.15) is 0 Å². The Labute approximate surface area is 137 Å². The summed E-state index contributed by atoms with van der Waals surface area (Å²) in [5.74, 6) is -0.226. The number of carbonyl (C=O) groups is 1. The van der Waals surface area contributed by atoms with Gasteiger partial charge in [-0.05, 0) is 37.1 Å². The first kappa shape index (κ1) is 17.6. The molecule has 2 N–H and O–H groups in total. The third-order valence-corrected chi connectivity index (χ3v) is 4.77. The summed E-state index contributed by atoms with van der Waals surface area (Å²) < 4.78 is 5.62. The molecule has 1 fully saturated rings. The molecule has 2 rings (SSSR count). The average molecular weight is 318 g/mol. The van der Waals surface area contributed by atoms with Crippen LogP contribution in [-0.4, -0.2) is 40.9 Å². The molecular weight excluding hydrogens is 292 g/mol. The molecule has 0 saturated heterocycles. The number of hydrogen-bond acceptors (Lipinski definition) is 4. The summed E-state index contributed by atoms with van der Waals surface area (Å²) in [7, 11) is 0. The zero-order valence-corrected chi connectivity index (χ0v) is 14.3. The highest BCUT2D eigenvalue weighted by Gasteiger charge is 2.59. The molecule has 126 valence electrons. The van der Waals surface area contributed by atoms with E-state index in [9.17, 15) is 9.90 Å². The molecule has 0 bridgehead atoms. The minimum atomic E-state index is -0.929. The van der Waals surface area contributed by atoms with Crippen LogP contribution in [0.4, 0.5) is 0 Å². The van der Waals surface area contributed by atoms with Gasteiger partial charge in [-0.25, -0.2) is 0 Å². The number of aromatic nitrogens is 1. The van der Waals surface area contributed by atoms with Gasteiger partial charge in [-0.15, -0.1) is 0 Å². The van der Waals surface area contributed by atoms with Crippen LogP contribution in [0.15, 0.2) is 24.5 Å². The highest BCUT2D eigenvalue weighted by Crippen LogP contribution is 2.50. The first-order chi connectivity index (χ1) is 10.8. The van der Waals surface area contributed by atoms with Gasteiger partial charge < -0.3 is 15.2 Å². The van der Waals surface area contributed by atoms with Crippen LogP contribution < -0.4 is 5.32 Å². The number of amides is 1. The molecule has 5 nitrogen and oxygen atoms in total. The fraction of sp³-hybridized carbons (Fsp3) is 0.556. The van der Waals surface area contributed by atoms with Crippen LogP contribution in [-0.2, 0) is 9.53 Å². The van der Waals surface area contributed by atoms with Gasteiger partial charge in [0.25, 0.3) is 0 Å². The molecule has 23 heavy (non-hydrogen) atoms. The standard InChI is InChI=1S/C18H26N2O3/c1-5-23-15-9-18(22,17(15,3)4)12-20-16(21)7-6-14-8-13(2)10-19-11-14/h6-8,10-11,15,22H,5,9,12H2,1-4H3,(H,20,21)/b7-6+. The van der Waals surface area contributed by atoms with E-state index < -0.39 is 5.60 Å². The van der Waals surface area contributed by atoms with Crippen molar-refractivity contribution in [3.05, 3.63) is 35.7 Å². The average Bonchev–Trinajstić information content (AvgIpc) is 2.51. The van der Waals surface area contributed by atoms with Gasteiger partial charge in [0.2, 0.25) is 5.91 Å². The molecule has 0 radical (unpaired) electrons. The Bertz CT molecular complexity index is 598. The summed E-state index contributed by atoms with van der Waals surface area (Å²) in [6, 6.07) is 1.95. The van der Waals surface area contributed by atoms with Gasteiger partial charge >= 0.3 is 0 Å². The van der Waals surface area contributed by atoms with Crippen LogP contribution in [0, 0.1) is 12.3 Å². The van der Waals surface area contributed by atoms with Crippen LogP contribution in [0.3, 0.4) is 0 Å². The van der Waals surface area contributed by atoms with Crippen molar-refractivity contribution < 1.29 is 14.6 Å². The minimum Gasteiger partial charge on any atom is -0.387 e. The van der Waals surface area contributed by atoms with Crippen LogP contribution in [0.1, 0.15) is 38.3 Å². The SMILES string of the molecule is CCOC1CC(O)(CNC(=O)/C=C/c2cncc(C)c2)C1(C)C. The number of nitrogens with one attached hydrogen (secondary N) is 1. The molecule has 0 aromatic carbocycles. The van der Waals surface area contributed by atoms with Gasteiger partial charge in [-0.3, -0.25) is 9.78 Å². The van der Waals surface area contributed by atoms with E-state index >= 15 is 0 Å². The normalized spacial score (nSPS) is 26.0. The molecule has 1 amide bonds. The Balaban J connectivity index is 1.87. The van der Waals surface area contributed by atoms with Crippen molar-refractivity contribution in [2.75, 3.05) is 13.2 Å². The molecule has 0 aliphatic heterocycles.